The first-order valence-corrected chi connectivity index (χ1v) is 6.61. The van der Waals surface area contributed by atoms with Gasteiger partial charge in [0, 0.05) is 37.8 Å². The van der Waals surface area contributed by atoms with Crippen LogP contribution in [0.15, 0.2) is 0 Å². The van der Waals surface area contributed by atoms with Crippen molar-refractivity contribution in [1.82, 2.24) is 10.2 Å². The molecule has 1 N–H and O–H groups in total. The Morgan fingerprint density at radius 1 is 1.43 bits per heavy atom. The van der Waals surface area contributed by atoms with Gasteiger partial charge in [0.25, 0.3) is 0 Å². The molecule has 1 amide bonds. The maximum absolute atomic E-state index is 11.8. The molecule has 2 saturated heterocycles. The molecule has 3 nitrogen and oxygen atoms in total. The van der Waals surface area contributed by atoms with Crippen molar-refractivity contribution in [3.63, 3.8) is 0 Å². The molecule has 80 valence electrons. The van der Waals surface area contributed by atoms with Crippen molar-refractivity contribution in [3.05, 3.63) is 0 Å². The number of nitrogens with one attached hydrogen (secondary N) is 1. The molecule has 0 aromatic heterocycles. The average molecular weight is 214 g/mol. The Kier molecular flexibility index (Phi) is 3.70. The zero-order valence-electron chi connectivity index (χ0n) is 8.50. The van der Waals surface area contributed by atoms with E-state index < -0.39 is 0 Å². The van der Waals surface area contributed by atoms with Crippen molar-refractivity contribution in [3.8, 4) is 0 Å². The van der Waals surface area contributed by atoms with Crippen molar-refractivity contribution >= 4 is 17.7 Å². The standard InChI is InChI=1S/C10H18N2OS/c13-10-3-4-11-5-6-12(10)9-2-1-7-14-8-9/h9,11H,1-8H2. The Morgan fingerprint density at radius 2 is 2.36 bits per heavy atom. The highest BCUT2D eigenvalue weighted by atomic mass is 32.2. The summed E-state index contributed by atoms with van der Waals surface area (Å²) < 4.78 is 0. The molecule has 1 atom stereocenters. The molecule has 0 aliphatic carbocycles. The maximum atomic E-state index is 11.8. The van der Waals surface area contributed by atoms with Crippen LogP contribution in [0, 0.1) is 0 Å². The van der Waals surface area contributed by atoms with Crippen LogP contribution in [-0.2, 0) is 4.79 Å². The van der Waals surface area contributed by atoms with Gasteiger partial charge in [-0.25, -0.2) is 0 Å². The van der Waals surface area contributed by atoms with Gasteiger partial charge in [-0.05, 0) is 18.6 Å². The predicted octanol–water partition coefficient (Wildman–Crippen LogP) is 0.704. The first-order valence-electron chi connectivity index (χ1n) is 5.46. The molecule has 14 heavy (non-hydrogen) atoms. The number of carbonyl (C=O) groups excluding carboxylic acids is 1. The zero-order valence-corrected chi connectivity index (χ0v) is 9.31. The monoisotopic (exact) mass is 214 g/mol. The SMILES string of the molecule is O=C1CCNCCN1C1CCCSC1. The summed E-state index contributed by atoms with van der Waals surface area (Å²) in [5.41, 5.74) is 0. The van der Waals surface area contributed by atoms with Gasteiger partial charge in [0.1, 0.15) is 0 Å². The second-order valence-corrected chi connectivity index (χ2v) is 5.11. The van der Waals surface area contributed by atoms with Crippen LogP contribution < -0.4 is 5.32 Å². The third-order valence-corrected chi connectivity index (χ3v) is 4.14. The second kappa shape index (κ2) is 5.03. The van der Waals surface area contributed by atoms with Gasteiger partial charge in [-0.3, -0.25) is 4.79 Å². The first-order chi connectivity index (χ1) is 6.88. The number of thioether (sulfide) groups is 1. The van der Waals surface area contributed by atoms with Crippen molar-refractivity contribution in [1.29, 1.82) is 0 Å². The van der Waals surface area contributed by atoms with E-state index in [-0.39, 0.29) is 0 Å². The highest BCUT2D eigenvalue weighted by molar-refractivity contribution is 7.99. The molecule has 2 aliphatic rings. The fourth-order valence-corrected chi connectivity index (χ4v) is 3.30. The van der Waals surface area contributed by atoms with Crippen LogP contribution >= 0.6 is 11.8 Å². The molecule has 2 rings (SSSR count). The molecule has 4 heteroatoms. The third-order valence-electron chi connectivity index (χ3n) is 2.94. The van der Waals surface area contributed by atoms with Crippen LogP contribution in [0.25, 0.3) is 0 Å². The highest BCUT2D eigenvalue weighted by Crippen LogP contribution is 2.22. The van der Waals surface area contributed by atoms with Gasteiger partial charge in [-0.2, -0.15) is 11.8 Å². The quantitative estimate of drug-likeness (QED) is 0.697. The van der Waals surface area contributed by atoms with Gasteiger partial charge >= 0.3 is 0 Å². The Labute approximate surface area is 89.6 Å². The van der Waals surface area contributed by atoms with E-state index in [2.05, 4.69) is 10.2 Å². The van der Waals surface area contributed by atoms with E-state index in [4.69, 9.17) is 0 Å². The molecule has 2 heterocycles. The van der Waals surface area contributed by atoms with E-state index in [9.17, 15) is 4.79 Å². The number of nitrogens with zero attached hydrogens (tertiary/aromatic N) is 1. The molecular formula is C10H18N2OS. The van der Waals surface area contributed by atoms with Crippen molar-refractivity contribution in [2.75, 3.05) is 31.1 Å². The van der Waals surface area contributed by atoms with Crippen LogP contribution in [0.2, 0.25) is 0 Å². The van der Waals surface area contributed by atoms with Crippen LogP contribution in [0.3, 0.4) is 0 Å². The maximum Gasteiger partial charge on any atom is 0.224 e. The van der Waals surface area contributed by atoms with E-state index in [1.807, 2.05) is 11.8 Å². The lowest BCUT2D eigenvalue weighted by molar-refractivity contribution is -0.132. The Hall–Kier alpha value is -0.220. The number of carbonyl (C=O) groups is 1. The lowest BCUT2D eigenvalue weighted by atomic mass is 10.1. The Morgan fingerprint density at radius 3 is 3.14 bits per heavy atom. The van der Waals surface area contributed by atoms with Gasteiger partial charge in [-0.15, -0.1) is 0 Å². The first kappa shape index (κ1) is 10.3. The van der Waals surface area contributed by atoms with E-state index in [1.54, 1.807) is 0 Å². The van der Waals surface area contributed by atoms with E-state index in [0.29, 0.717) is 18.4 Å². The lowest BCUT2D eigenvalue weighted by Crippen LogP contribution is -2.44. The van der Waals surface area contributed by atoms with Crippen LogP contribution in [0.1, 0.15) is 19.3 Å². The lowest BCUT2D eigenvalue weighted by Gasteiger charge is -2.33. The molecule has 0 saturated carbocycles. The minimum atomic E-state index is 0.350. The normalized spacial score (nSPS) is 30.1. The van der Waals surface area contributed by atoms with Gasteiger partial charge in [0.15, 0.2) is 0 Å². The molecule has 0 spiro atoms. The molecule has 2 fully saturated rings. The number of hydrogen-bond acceptors (Lipinski definition) is 3. The van der Waals surface area contributed by atoms with E-state index in [1.165, 1.54) is 18.6 Å². The highest BCUT2D eigenvalue weighted by Gasteiger charge is 2.26. The van der Waals surface area contributed by atoms with Crippen LogP contribution in [-0.4, -0.2) is 48.0 Å². The number of rotatable bonds is 1. The van der Waals surface area contributed by atoms with Crippen LogP contribution in [0.4, 0.5) is 0 Å². The molecule has 0 aromatic carbocycles. The van der Waals surface area contributed by atoms with E-state index >= 15 is 0 Å². The fourth-order valence-electron chi connectivity index (χ4n) is 2.14. The smallest absolute Gasteiger partial charge is 0.224 e. The summed E-state index contributed by atoms with van der Waals surface area (Å²) in [7, 11) is 0. The summed E-state index contributed by atoms with van der Waals surface area (Å²) in [6.07, 6.45) is 3.16. The van der Waals surface area contributed by atoms with Gasteiger partial charge in [0.2, 0.25) is 5.91 Å². The third kappa shape index (κ3) is 2.42. The average Bonchev–Trinajstić information content (AvgIpc) is 2.44. The largest absolute Gasteiger partial charge is 0.338 e. The summed E-state index contributed by atoms with van der Waals surface area (Å²) in [6.45, 7) is 2.73. The zero-order chi connectivity index (χ0) is 9.80. The summed E-state index contributed by atoms with van der Waals surface area (Å²) >= 11 is 1.99. The second-order valence-electron chi connectivity index (χ2n) is 3.96. The Balaban J connectivity index is 1.95. The van der Waals surface area contributed by atoms with Crippen molar-refractivity contribution in [2.45, 2.75) is 25.3 Å². The van der Waals surface area contributed by atoms with Gasteiger partial charge < -0.3 is 10.2 Å². The number of hydrogen-bond donors (Lipinski definition) is 1. The number of amides is 1. The Bertz CT molecular complexity index is 204. The summed E-state index contributed by atoms with van der Waals surface area (Å²) in [5.74, 6) is 2.77. The minimum absolute atomic E-state index is 0.350. The topological polar surface area (TPSA) is 32.3 Å². The fraction of sp³-hybridized carbons (Fsp3) is 0.900. The van der Waals surface area contributed by atoms with Crippen molar-refractivity contribution < 1.29 is 4.79 Å². The molecular weight excluding hydrogens is 196 g/mol. The van der Waals surface area contributed by atoms with Crippen LogP contribution in [0.5, 0.6) is 0 Å². The van der Waals surface area contributed by atoms with Gasteiger partial charge in [0.05, 0.1) is 0 Å². The summed E-state index contributed by atoms with van der Waals surface area (Å²) in [6, 6.07) is 0.515. The molecule has 0 bridgehead atoms. The minimum Gasteiger partial charge on any atom is -0.338 e. The summed E-state index contributed by atoms with van der Waals surface area (Å²) in [5, 5.41) is 3.28. The molecule has 1 unspecified atom stereocenters. The molecule has 0 radical (unpaired) electrons. The van der Waals surface area contributed by atoms with Gasteiger partial charge in [-0.1, -0.05) is 0 Å². The van der Waals surface area contributed by atoms with E-state index in [0.717, 1.165) is 25.4 Å². The van der Waals surface area contributed by atoms with Crippen molar-refractivity contribution in [2.24, 2.45) is 0 Å². The molecule has 0 aromatic rings. The summed E-state index contributed by atoms with van der Waals surface area (Å²) in [4.78, 5) is 13.9. The predicted molar refractivity (Wildman–Crippen MR) is 59.5 cm³/mol. The molecule has 2 aliphatic heterocycles.